The van der Waals surface area contributed by atoms with Gasteiger partial charge in [0.15, 0.2) is 0 Å². The average molecular weight is 247 g/mol. The molecule has 0 unspecified atom stereocenters. The predicted octanol–water partition coefficient (Wildman–Crippen LogP) is 1.83. The summed E-state index contributed by atoms with van der Waals surface area (Å²) in [5.41, 5.74) is 0.215. The number of hydrogen-bond donors (Lipinski definition) is 1. The van der Waals surface area contributed by atoms with E-state index in [1.807, 2.05) is 0 Å². The van der Waals surface area contributed by atoms with E-state index < -0.39 is 0 Å². The van der Waals surface area contributed by atoms with Crippen LogP contribution in [0, 0.1) is 0 Å². The topological polar surface area (TPSA) is 39.7 Å². The second kappa shape index (κ2) is 11.0. The number of hydrogen-bond acceptors (Lipinski definition) is 4. The van der Waals surface area contributed by atoms with Crippen LogP contribution in [0.1, 0.15) is 33.6 Å². The van der Waals surface area contributed by atoms with Crippen LogP contribution in [0.5, 0.6) is 0 Å². The molecule has 0 radical (unpaired) electrons. The van der Waals surface area contributed by atoms with Gasteiger partial charge in [-0.3, -0.25) is 0 Å². The first kappa shape index (κ1) is 16.8. The minimum absolute atomic E-state index is 0.215. The Hall–Kier alpha value is -0.160. The van der Waals surface area contributed by atoms with Crippen molar-refractivity contribution in [1.82, 2.24) is 5.32 Å². The first-order valence-corrected chi connectivity index (χ1v) is 6.52. The normalized spacial score (nSPS) is 12.0. The molecule has 1 N–H and O–H groups in total. The van der Waals surface area contributed by atoms with Gasteiger partial charge in [-0.15, -0.1) is 0 Å². The van der Waals surface area contributed by atoms with Crippen LogP contribution in [0.25, 0.3) is 0 Å². The lowest BCUT2D eigenvalue weighted by molar-refractivity contribution is 0.0246. The van der Waals surface area contributed by atoms with Gasteiger partial charge in [-0.05, 0) is 20.3 Å². The maximum atomic E-state index is 5.46. The lowest BCUT2D eigenvalue weighted by atomic mass is 9.99. The zero-order chi connectivity index (χ0) is 13.0. The van der Waals surface area contributed by atoms with Crippen LogP contribution in [-0.2, 0) is 14.2 Å². The first-order chi connectivity index (χ1) is 8.12. The van der Waals surface area contributed by atoms with E-state index in [0.717, 1.165) is 13.2 Å². The molecule has 0 saturated carbocycles. The molecule has 0 aliphatic carbocycles. The Balaban J connectivity index is 3.18. The fraction of sp³-hybridized carbons (Fsp3) is 1.00. The summed E-state index contributed by atoms with van der Waals surface area (Å²) in [7, 11) is 1.67. The van der Waals surface area contributed by atoms with Crippen LogP contribution in [-0.4, -0.2) is 52.2 Å². The van der Waals surface area contributed by atoms with Crippen molar-refractivity contribution in [1.29, 1.82) is 0 Å². The highest BCUT2D eigenvalue weighted by Gasteiger charge is 2.14. The molecule has 0 rings (SSSR count). The summed E-state index contributed by atoms with van der Waals surface area (Å²) in [5.74, 6) is 0. The van der Waals surface area contributed by atoms with Crippen molar-refractivity contribution in [3.63, 3.8) is 0 Å². The summed E-state index contributed by atoms with van der Waals surface area (Å²) in [6, 6.07) is 0. The van der Waals surface area contributed by atoms with Gasteiger partial charge in [-0.25, -0.2) is 0 Å². The lowest BCUT2D eigenvalue weighted by Gasteiger charge is -2.25. The molecule has 0 aromatic carbocycles. The highest BCUT2D eigenvalue weighted by Crippen LogP contribution is 2.09. The third kappa shape index (κ3) is 12.1. The molecule has 0 bridgehead atoms. The Labute approximate surface area is 106 Å². The predicted molar refractivity (Wildman–Crippen MR) is 70.5 cm³/mol. The van der Waals surface area contributed by atoms with E-state index in [0.29, 0.717) is 26.4 Å². The third-order valence-corrected chi connectivity index (χ3v) is 2.53. The Morgan fingerprint density at radius 2 is 1.53 bits per heavy atom. The molecular weight excluding hydrogens is 218 g/mol. The van der Waals surface area contributed by atoms with Gasteiger partial charge in [-0.1, -0.05) is 13.3 Å². The van der Waals surface area contributed by atoms with Crippen molar-refractivity contribution >= 4 is 0 Å². The highest BCUT2D eigenvalue weighted by molar-refractivity contribution is 4.75. The maximum absolute atomic E-state index is 5.46. The zero-order valence-electron chi connectivity index (χ0n) is 11.9. The van der Waals surface area contributed by atoms with Gasteiger partial charge in [0.05, 0.1) is 33.0 Å². The smallest absolute Gasteiger partial charge is 0.0701 e. The van der Waals surface area contributed by atoms with E-state index in [2.05, 4.69) is 26.1 Å². The number of nitrogens with one attached hydrogen (secondary N) is 1. The van der Waals surface area contributed by atoms with Gasteiger partial charge in [0.25, 0.3) is 0 Å². The number of rotatable bonds is 12. The summed E-state index contributed by atoms with van der Waals surface area (Å²) in [5, 5.41) is 3.49. The van der Waals surface area contributed by atoms with Gasteiger partial charge in [-0.2, -0.15) is 0 Å². The van der Waals surface area contributed by atoms with E-state index in [4.69, 9.17) is 14.2 Å². The molecule has 4 heteroatoms. The molecular formula is C13H29NO3. The van der Waals surface area contributed by atoms with Crippen molar-refractivity contribution in [2.75, 3.05) is 46.7 Å². The van der Waals surface area contributed by atoms with E-state index in [-0.39, 0.29) is 5.54 Å². The quantitative estimate of drug-likeness (QED) is 0.534. The summed E-state index contributed by atoms with van der Waals surface area (Å²) in [6.07, 6.45) is 2.39. The first-order valence-electron chi connectivity index (χ1n) is 6.52. The molecule has 0 atom stereocenters. The second-order valence-corrected chi connectivity index (χ2v) is 4.78. The van der Waals surface area contributed by atoms with E-state index in [1.54, 1.807) is 7.11 Å². The van der Waals surface area contributed by atoms with Gasteiger partial charge in [0.2, 0.25) is 0 Å². The van der Waals surface area contributed by atoms with Crippen LogP contribution >= 0.6 is 0 Å². The molecule has 17 heavy (non-hydrogen) atoms. The Kier molecular flexibility index (Phi) is 10.9. The SMILES string of the molecule is CCCC(C)(C)NCCOCCOCCOC. The standard InChI is InChI=1S/C13H29NO3/c1-5-6-13(2,3)14-7-8-16-11-12-17-10-9-15-4/h14H,5-12H2,1-4H3. The summed E-state index contributed by atoms with van der Waals surface area (Å²) in [4.78, 5) is 0. The van der Waals surface area contributed by atoms with Crippen molar-refractivity contribution in [3.8, 4) is 0 Å². The second-order valence-electron chi connectivity index (χ2n) is 4.78. The lowest BCUT2D eigenvalue weighted by Crippen LogP contribution is -2.41. The molecule has 0 spiro atoms. The van der Waals surface area contributed by atoms with E-state index in [9.17, 15) is 0 Å². The fourth-order valence-corrected chi connectivity index (χ4v) is 1.64. The Morgan fingerprint density at radius 1 is 0.941 bits per heavy atom. The van der Waals surface area contributed by atoms with Gasteiger partial charge in [0, 0.05) is 19.2 Å². The van der Waals surface area contributed by atoms with Gasteiger partial charge >= 0.3 is 0 Å². The molecule has 0 saturated heterocycles. The zero-order valence-corrected chi connectivity index (χ0v) is 11.9. The minimum atomic E-state index is 0.215. The molecule has 4 nitrogen and oxygen atoms in total. The van der Waals surface area contributed by atoms with Crippen LogP contribution in [0.15, 0.2) is 0 Å². The third-order valence-electron chi connectivity index (χ3n) is 2.53. The summed E-state index contributed by atoms with van der Waals surface area (Å²) in [6.45, 7) is 10.9. The Bertz CT molecular complexity index is 163. The summed E-state index contributed by atoms with van der Waals surface area (Å²) < 4.78 is 15.6. The van der Waals surface area contributed by atoms with Crippen LogP contribution in [0.4, 0.5) is 0 Å². The van der Waals surface area contributed by atoms with Crippen molar-refractivity contribution in [2.45, 2.75) is 39.2 Å². The monoisotopic (exact) mass is 247 g/mol. The van der Waals surface area contributed by atoms with Crippen LogP contribution < -0.4 is 5.32 Å². The van der Waals surface area contributed by atoms with E-state index >= 15 is 0 Å². The molecule has 0 amide bonds. The molecule has 0 aliphatic heterocycles. The number of ether oxygens (including phenoxy) is 3. The minimum Gasteiger partial charge on any atom is -0.382 e. The molecule has 0 aliphatic rings. The molecule has 0 aromatic heterocycles. The van der Waals surface area contributed by atoms with Gasteiger partial charge < -0.3 is 19.5 Å². The van der Waals surface area contributed by atoms with E-state index in [1.165, 1.54) is 12.8 Å². The van der Waals surface area contributed by atoms with Crippen molar-refractivity contribution in [2.24, 2.45) is 0 Å². The maximum Gasteiger partial charge on any atom is 0.0701 e. The Morgan fingerprint density at radius 3 is 2.12 bits per heavy atom. The molecule has 0 fully saturated rings. The number of methoxy groups -OCH3 is 1. The van der Waals surface area contributed by atoms with Crippen molar-refractivity contribution in [3.05, 3.63) is 0 Å². The molecule has 104 valence electrons. The fourth-order valence-electron chi connectivity index (χ4n) is 1.64. The van der Waals surface area contributed by atoms with Gasteiger partial charge in [0.1, 0.15) is 0 Å². The largest absolute Gasteiger partial charge is 0.382 e. The van der Waals surface area contributed by atoms with Crippen LogP contribution in [0.3, 0.4) is 0 Å². The van der Waals surface area contributed by atoms with Crippen molar-refractivity contribution < 1.29 is 14.2 Å². The molecule has 0 aromatic rings. The summed E-state index contributed by atoms with van der Waals surface area (Å²) >= 11 is 0. The average Bonchev–Trinajstić information content (AvgIpc) is 2.27. The highest BCUT2D eigenvalue weighted by atomic mass is 16.5. The molecule has 0 heterocycles. The van der Waals surface area contributed by atoms with Crippen LogP contribution in [0.2, 0.25) is 0 Å².